The molecule has 1 saturated carbocycles. The van der Waals surface area contributed by atoms with E-state index < -0.39 is 5.97 Å². The quantitative estimate of drug-likeness (QED) is 0.818. The zero-order valence-electron chi connectivity index (χ0n) is 10.5. The van der Waals surface area contributed by atoms with Gasteiger partial charge in [0.1, 0.15) is 0 Å². The number of carboxylic acid groups (broad SMARTS) is 1. The molecule has 3 saturated heterocycles. The van der Waals surface area contributed by atoms with Crippen molar-refractivity contribution in [2.75, 3.05) is 32.7 Å². The lowest BCUT2D eigenvalue weighted by molar-refractivity contribution is -0.138. The maximum atomic E-state index is 10.9. The molecule has 1 aliphatic carbocycles. The van der Waals surface area contributed by atoms with Crippen LogP contribution in [0.2, 0.25) is 0 Å². The Labute approximate surface area is 110 Å². The summed E-state index contributed by atoms with van der Waals surface area (Å²) in [7, 11) is 0. The molecule has 4 fully saturated rings. The first-order valence-electron chi connectivity index (χ1n) is 6.75. The fourth-order valence-electron chi connectivity index (χ4n) is 3.14. The summed E-state index contributed by atoms with van der Waals surface area (Å²) in [6, 6.07) is 0.210. The minimum atomic E-state index is -0.767. The highest BCUT2D eigenvalue weighted by molar-refractivity contribution is 5.74. The molecular weight excluding hydrogens is 248 g/mol. The van der Waals surface area contributed by atoms with E-state index in [1.54, 1.807) is 0 Å². The van der Waals surface area contributed by atoms with Crippen molar-refractivity contribution < 1.29 is 14.4 Å². The molecule has 7 nitrogen and oxygen atoms in total. The van der Waals surface area contributed by atoms with Crippen LogP contribution >= 0.6 is 0 Å². The van der Waals surface area contributed by atoms with E-state index in [-0.39, 0.29) is 17.9 Å². The third-order valence-electron chi connectivity index (χ3n) is 4.46. The van der Waals surface area contributed by atoms with Gasteiger partial charge in [0.25, 0.3) is 0 Å². The Balaban J connectivity index is 1.51. The van der Waals surface area contributed by atoms with Gasteiger partial charge in [-0.25, -0.2) is 0 Å². The number of carbonyl (C=O) groups is 1. The number of hydrogen-bond acceptors (Lipinski definition) is 6. The van der Waals surface area contributed by atoms with E-state index in [0.29, 0.717) is 12.3 Å². The first kappa shape index (κ1) is 11.4. The Morgan fingerprint density at radius 2 is 2.11 bits per heavy atom. The summed E-state index contributed by atoms with van der Waals surface area (Å²) < 4.78 is 5.26. The van der Waals surface area contributed by atoms with Crippen LogP contribution in [0.15, 0.2) is 4.52 Å². The summed E-state index contributed by atoms with van der Waals surface area (Å²) in [5.41, 5.74) is 0. The number of aromatic nitrogens is 2. The van der Waals surface area contributed by atoms with Gasteiger partial charge >= 0.3 is 5.97 Å². The van der Waals surface area contributed by atoms with Crippen molar-refractivity contribution >= 4 is 5.97 Å². The summed E-state index contributed by atoms with van der Waals surface area (Å²) in [6.45, 7) is 5.29. The molecule has 3 atom stereocenters. The number of fused-ring (bicyclic) bond motifs is 3. The van der Waals surface area contributed by atoms with Crippen LogP contribution < -0.4 is 0 Å². The third-order valence-corrected chi connectivity index (χ3v) is 4.46. The van der Waals surface area contributed by atoms with E-state index >= 15 is 0 Å². The van der Waals surface area contributed by atoms with Crippen LogP contribution in [0.4, 0.5) is 0 Å². The molecule has 3 unspecified atom stereocenters. The average molecular weight is 264 g/mol. The molecule has 0 radical (unpaired) electrons. The van der Waals surface area contributed by atoms with Gasteiger partial charge in [-0.3, -0.25) is 14.6 Å². The maximum Gasteiger partial charge on any atom is 0.307 e. The Morgan fingerprint density at radius 1 is 1.32 bits per heavy atom. The van der Waals surface area contributed by atoms with Gasteiger partial charge in [0.2, 0.25) is 5.89 Å². The van der Waals surface area contributed by atoms with Crippen molar-refractivity contribution in [2.24, 2.45) is 5.92 Å². The lowest BCUT2D eigenvalue weighted by Crippen LogP contribution is -2.57. The van der Waals surface area contributed by atoms with Crippen molar-refractivity contribution in [3.05, 3.63) is 11.7 Å². The zero-order valence-corrected chi connectivity index (χ0v) is 10.5. The lowest BCUT2D eigenvalue weighted by atomic mass is 10.1. The van der Waals surface area contributed by atoms with Crippen LogP contribution in [0.3, 0.4) is 0 Å². The number of rotatable bonds is 3. The molecule has 0 spiro atoms. The maximum absolute atomic E-state index is 10.9. The van der Waals surface area contributed by atoms with E-state index in [1.807, 2.05) is 0 Å². The number of aliphatic carboxylic acids is 1. The monoisotopic (exact) mass is 264 g/mol. The molecule has 4 heterocycles. The fraction of sp³-hybridized carbons (Fsp3) is 0.750. The molecule has 5 rings (SSSR count). The molecule has 1 aromatic rings. The van der Waals surface area contributed by atoms with Gasteiger partial charge in [-0.1, -0.05) is 5.16 Å². The third kappa shape index (κ3) is 1.84. The standard InChI is InChI=1S/C12H16N4O3/c17-12(18)8-5-7(8)11-13-10(14-19-11)9-6-15-1-3-16(9)4-2-15/h7-9H,1-6H2,(H,17,18). The Kier molecular flexibility index (Phi) is 2.40. The van der Waals surface area contributed by atoms with Gasteiger partial charge in [-0.05, 0) is 6.42 Å². The first-order chi connectivity index (χ1) is 9.22. The van der Waals surface area contributed by atoms with Crippen LogP contribution in [0.25, 0.3) is 0 Å². The first-order valence-corrected chi connectivity index (χ1v) is 6.75. The van der Waals surface area contributed by atoms with Gasteiger partial charge in [0.15, 0.2) is 5.82 Å². The number of carboxylic acids is 1. The fourth-order valence-corrected chi connectivity index (χ4v) is 3.14. The van der Waals surface area contributed by atoms with Gasteiger partial charge < -0.3 is 9.63 Å². The molecule has 7 heteroatoms. The lowest BCUT2D eigenvalue weighted by Gasteiger charge is -2.46. The summed E-state index contributed by atoms with van der Waals surface area (Å²) in [6.07, 6.45) is 0.622. The van der Waals surface area contributed by atoms with Crippen LogP contribution in [0.1, 0.15) is 30.1 Å². The summed E-state index contributed by atoms with van der Waals surface area (Å²) in [5.74, 6) is 0.0433. The molecular formula is C12H16N4O3. The van der Waals surface area contributed by atoms with Crippen molar-refractivity contribution in [3.8, 4) is 0 Å². The summed E-state index contributed by atoms with van der Waals surface area (Å²) >= 11 is 0. The van der Waals surface area contributed by atoms with Crippen LogP contribution in [0, 0.1) is 5.92 Å². The van der Waals surface area contributed by atoms with E-state index in [4.69, 9.17) is 9.63 Å². The minimum absolute atomic E-state index is 0.0742. The highest BCUT2D eigenvalue weighted by atomic mass is 16.5. The summed E-state index contributed by atoms with van der Waals surface area (Å²) in [4.78, 5) is 20.1. The van der Waals surface area contributed by atoms with Crippen molar-refractivity contribution in [1.82, 2.24) is 19.9 Å². The second kappa shape index (κ2) is 4.01. The number of nitrogens with zero attached hydrogens (tertiary/aromatic N) is 4. The topological polar surface area (TPSA) is 82.7 Å². The molecule has 3 aliphatic heterocycles. The van der Waals surface area contributed by atoms with Crippen LogP contribution in [-0.4, -0.2) is 63.7 Å². The molecule has 2 bridgehead atoms. The van der Waals surface area contributed by atoms with Crippen LogP contribution in [-0.2, 0) is 4.79 Å². The SMILES string of the molecule is O=C(O)C1CC1c1nc(C2CN3CCN2CC3)no1. The van der Waals surface area contributed by atoms with Gasteiger partial charge in [0, 0.05) is 32.7 Å². The normalized spacial score (nSPS) is 40.3. The van der Waals surface area contributed by atoms with Gasteiger partial charge in [-0.2, -0.15) is 4.98 Å². The molecule has 0 amide bonds. The van der Waals surface area contributed by atoms with Gasteiger partial charge in [0.05, 0.1) is 17.9 Å². The van der Waals surface area contributed by atoms with E-state index in [0.717, 1.165) is 38.5 Å². The van der Waals surface area contributed by atoms with E-state index in [1.165, 1.54) is 0 Å². The zero-order chi connectivity index (χ0) is 13.0. The molecule has 102 valence electrons. The number of hydrogen-bond donors (Lipinski definition) is 1. The smallest absolute Gasteiger partial charge is 0.307 e. The molecule has 19 heavy (non-hydrogen) atoms. The predicted molar refractivity (Wildman–Crippen MR) is 63.5 cm³/mol. The van der Waals surface area contributed by atoms with Crippen molar-refractivity contribution in [3.63, 3.8) is 0 Å². The Bertz CT molecular complexity index is 509. The largest absolute Gasteiger partial charge is 0.481 e. The van der Waals surface area contributed by atoms with E-state index in [9.17, 15) is 4.79 Å². The van der Waals surface area contributed by atoms with Gasteiger partial charge in [-0.15, -0.1) is 0 Å². The van der Waals surface area contributed by atoms with Crippen LogP contribution in [0.5, 0.6) is 0 Å². The Morgan fingerprint density at radius 3 is 2.68 bits per heavy atom. The highest BCUT2D eigenvalue weighted by Gasteiger charge is 2.48. The molecule has 1 N–H and O–H groups in total. The minimum Gasteiger partial charge on any atom is -0.481 e. The molecule has 1 aromatic heterocycles. The number of piperazine rings is 3. The highest BCUT2D eigenvalue weighted by Crippen LogP contribution is 2.47. The van der Waals surface area contributed by atoms with Crippen molar-refractivity contribution in [1.29, 1.82) is 0 Å². The average Bonchev–Trinajstić information content (AvgIpc) is 3.10. The molecule has 4 aliphatic rings. The predicted octanol–water partition coefficient (Wildman–Crippen LogP) is -0.0700. The summed E-state index contributed by atoms with van der Waals surface area (Å²) in [5, 5.41) is 13.0. The second-order valence-corrected chi connectivity index (χ2v) is 5.63. The second-order valence-electron chi connectivity index (χ2n) is 5.63. The molecule has 0 aromatic carbocycles. The van der Waals surface area contributed by atoms with E-state index in [2.05, 4.69) is 19.9 Å². The Hall–Kier alpha value is -1.47. The van der Waals surface area contributed by atoms with Crippen molar-refractivity contribution in [2.45, 2.75) is 18.4 Å².